The van der Waals surface area contributed by atoms with Crippen molar-refractivity contribution in [1.29, 1.82) is 5.41 Å². The molecule has 0 spiro atoms. The van der Waals surface area contributed by atoms with E-state index in [2.05, 4.69) is 9.97 Å². The van der Waals surface area contributed by atoms with E-state index in [-0.39, 0.29) is 12.6 Å². The molecule has 19 heavy (non-hydrogen) atoms. The SMILES string of the molecule is N=C(N)c1cnc(Oc2ccc3c(c2)OCO3)cn1. The van der Waals surface area contributed by atoms with Crippen LogP contribution in [0.4, 0.5) is 0 Å². The Morgan fingerprint density at radius 2 is 2.05 bits per heavy atom. The molecule has 2 heterocycles. The molecular formula is C12H10N4O3. The number of ether oxygens (including phenoxy) is 3. The van der Waals surface area contributed by atoms with E-state index >= 15 is 0 Å². The van der Waals surface area contributed by atoms with Gasteiger partial charge in [0.05, 0.1) is 12.4 Å². The van der Waals surface area contributed by atoms with Gasteiger partial charge in [-0.3, -0.25) is 5.41 Å². The summed E-state index contributed by atoms with van der Waals surface area (Å²) in [5, 5.41) is 7.21. The number of benzene rings is 1. The molecule has 3 N–H and O–H groups in total. The van der Waals surface area contributed by atoms with E-state index in [0.717, 1.165) is 0 Å². The first-order valence-electron chi connectivity index (χ1n) is 5.46. The van der Waals surface area contributed by atoms with E-state index in [0.29, 0.717) is 28.8 Å². The Morgan fingerprint density at radius 1 is 1.21 bits per heavy atom. The van der Waals surface area contributed by atoms with Crippen molar-refractivity contribution in [3.8, 4) is 23.1 Å². The number of nitrogens with zero attached hydrogens (tertiary/aromatic N) is 2. The summed E-state index contributed by atoms with van der Waals surface area (Å²) in [6, 6.07) is 5.21. The number of hydrogen-bond donors (Lipinski definition) is 2. The van der Waals surface area contributed by atoms with E-state index in [1.165, 1.54) is 12.4 Å². The van der Waals surface area contributed by atoms with Crippen LogP contribution < -0.4 is 19.9 Å². The lowest BCUT2D eigenvalue weighted by Crippen LogP contribution is -2.13. The molecule has 0 saturated carbocycles. The van der Waals surface area contributed by atoms with Gasteiger partial charge in [-0.25, -0.2) is 9.97 Å². The minimum Gasteiger partial charge on any atom is -0.454 e. The molecule has 1 aliphatic heterocycles. The van der Waals surface area contributed by atoms with Crippen molar-refractivity contribution in [2.45, 2.75) is 0 Å². The van der Waals surface area contributed by atoms with Crippen LogP contribution in [0, 0.1) is 5.41 Å². The van der Waals surface area contributed by atoms with Crippen LogP contribution in [-0.2, 0) is 0 Å². The third kappa shape index (κ3) is 2.25. The molecule has 0 aliphatic carbocycles. The van der Waals surface area contributed by atoms with Crippen molar-refractivity contribution in [2.24, 2.45) is 5.73 Å². The molecule has 0 unspecified atom stereocenters. The summed E-state index contributed by atoms with van der Waals surface area (Å²) in [6.45, 7) is 0.214. The number of amidine groups is 1. The van der Waals surface area contributed by atoms with Crippen molar-refractivity contribution in [3.05, 3.63) is 36.3 Å². The summed E-state index contributed by atoms with van der Waals surface area (Å²) < 4.78 is 16.0. The fourth-order valence-corrected chi connectivity index (χ4v) is 1.57. The van der Waals surface area contributed by atoms with Gasteiger partial charge in [0.2, 0.25) is 12.7 Å². The van der Waals surface area contributed by atoms with Gasteiger partial charge in [0, 0.05) is 6.07 Å². The smallest absolute Gasteiger partial charge is 0.237 e. The topological polar surface area (TPSA) is 103 Å². The minimum absolute atomic E-state index is 0.137. The fraction of sp³-hybridized carbons (Fsp3) is 0.0833. The number of fused-ring (bicyclic) bond motifs is 1. The number of nitrogens with one attached hydrogen (secondary N) is 1. The van der Waals surface area contributed by atoms with E-state index in [1.807, 2.05) is 0 Å². The highest BCUT2D eigenvalue weighted by molar-refractivity contribution is 5.92. The average molecular weight is 258 g/mol. The van der Waals surface area contributed by atoms with Gasteiger partial charge in [0.15, 0.2) is 11.5 Å². The first-order chi connectivity index (χ1) is 9.22. The van der Waals surface area contributed by atoms with Gasteiger partial charge in [0.1, 0.15) is 17.3 Å². The molecule has 3 rings (SSSR count). The zero-order valence-electron chi connectivity index (χ0n) is 9.79. The molecule has 0 radical (unpaired) electrons. The van der Waals surface area contributed by atoms with Crippen molar-refractivity contribution in [3.63, 3.8) is 0 Å². The van der Waals surface area contributed by atoms with E-state index in [9.17, 15) is 0 Å². The third-order valence-electron chi connectivity index (χ3n) is 2.47. The second-order valence-corrected chi connectivity index (χ2v) is 3.77. The molecule has 0 saturated heterocycles. The standard InChI is InChI=1S/C12H10N4O3/c13-12(14)8-4-16-11(5-15-8)19-7-1-2-9-10(3-7)18-6-17-9/h1-5H,6H2,(H3,13,14). The molecule has 0 bridgehead atoms. The van der Waals surface area contributed by atoms with Gasteiger partial charge < -0.3 is 19.9 Å². The lowest BCUT2D eigenvalue weighted by Gasteiger charge is -2.05. The van der Waals surface area contributed by atoms with Crippen LogP contribution in [0.5, 0.6) is 23.1 Å². The quantitative estimate of drug-likeness (QED) is 0.635. The highest BCUT2D eigenvalue weighted by Gasteiger charge is 2.14. The van der Waals surface area contributed by atoms with Crippen LogP contribution in [0.1, 0.15) is 5.69 Å². The van der Waals surface area contributed by atoms with Crippen molar-refractivity contribution < 1.29 is 14.2 Å². The molecule has 1 aliphatic rings. The number of hydrogen-bond acceptors (Lipinski definition) is 6. The van der Waals surface area contributed by atoms with Gasteiger partial charge in [-0.1, -0.05) is 0 Å². The maximum atomic E-state index is 7.21. The van der Waals surface area contributed by atoms with E-state index in [1.54, 1.807) is 18.2 Å². The normalized spacial score (nSPS) is 12.2. The predicted octanol–water partition coefficient (Wildman–Crippen LogP) is 1.28. The van der Waals surface area contributed by atoms with E-state index < -0.39 is 0 Å². The molecule has 1 aromatic heterocycles. The van der Waals surface area contributed by atoms with Crippen LogP contribution in [0.25, 0.3) is 0 Å². The van der Waals surface area contributed by atoms with Gasteiger partial charge in [-0.05, 0) is 12.1 Å². The molecule has 1 aromatic carbocycles. The summed E-state index contributed by atoms with van der Waals surface area (Å²) in [4.78, 5) is 7.97. The van der Waals surface area contributed by atoms with Crippen molar-refractivity contribution >= 4 is 5.84 Å². The van der Waals surface area contributed by atoms with Gasteiger partial charge in [-0.2, -0.15) is 0 Å². The lowest BCUT2D eigenvalue weighted by molar-refractivity contribution is 0.174. The molecule has 7 heteroatoms. The lowest BCUT2D eigenvalue weighted by atomic mass is 10.3. The minimum atomic E-state index is -0.137. The van der Waals surface area contributed by atoms with E-state index in [4.69, 9.17) is 25.4 Å². The summed E-state index contributed by atoms with van der Waals surface area (Å²) >= 11 is 0. The summed E-state index contributed by atoms with van der Waals surface area (Å²) in [6.07, 6.45) is 2.78. The van der Waals surface area contributed by atoms with Gasteiger partial charge >= 0.3 is 0 Å². The molecule has 0 fully saturated rings. The summed E-state index contributed by atoms with van der Waals surface area (Å²) in [5.41, 5.74) is 5.59. The molecule has 0 atom stereocenters. The molecular weight excluding hydrogens is 248 g/mol. The average Bonchev–Trinajstić information content (AvgIpc) is 2.87. The summed E-state index contributed by atoms with van der Waals surface area (Å²) in [7, 11) is 0. The zero-order chi connectivity index (χ0) is 13.2. The largest absolute Gasteiger partial charge is 0.454 e. The summed E-state index contributed by atoms with van der Waals surface area (Å²) in [5.74, 6) is 2.05. The van der Waals surface area contributed by atoms with Crippen LogP contribution in [0.3, 0.4) is 0 Å². The highest BCUT2D eigenvalue weighted by Crippen LogP contribution is 2.36. The second-order valence-electron chi connectivity index (χ2n) is 3.77. The maximum absolute atomic E-state index is 7.21. The van der Waals surface area contributed by atoms with Crippen LogP contribution in [0.2, 0.25) is 0 Å². The molecule has 0 amide bonds. The van der Waals surface area contributed by atoms with Crippen LogP contribution in [-0.4, -0.2) is 22.6 Å². The first-order valence-corrected chi connectivity index (χ1v) is 5.46. The number of nitrogen functional groups attached to an aromatic ring is 1. The van der Waals surface area contributed by atoms with Crippen LogP contribution in [0.15, 0.2) is 30.6 Å². The predicted molar refractivity (Wildman–Crippen MR) is 65.7 cm³/mol. The Labute approximate surface area is 108 Å². The van der Waals surface area contributed by atoms with Crippen LogP contribution >= 0.6 is 0 Å². The Hall–Kier alpha value is -2.83. The molecule has 96 valence electrons. The fourth-order valence-electron chi connectivity index (χ4n) is 1.57. The highest BCUT2D eigenvalue weighted by atomic mass is 16.7. The number of rotatable bonds is 3. The Bertz CT molecular complexity index is 627. The number of aromatic nitrogens is 2. The number of nitrogens with two attached hydrogens (primary N) is 1. The van der Waals surface area contributed by atoms with Gasteiger partial charge in [-0.15, -0.1) is 0 Å². The van der Waals surface area contributed by atoms with Crippen molar-refractivity contribution in [1.82, 2.24) is 9.97 Å². The Morgan fingerprint density at radius 3 is 2.79 bits per heavy atom. The first kappa shape index (κ1) is 11.3. The molecule has 7 nitrogen and oxygen atoms in total. The monoisotopic (exact) mass is 258 g/mol. The second kappa shape index (κ2) is 4.45. The molecule has 2 aromatic rings. The van der Waals surface area contributed by atoms with Crippen molar-refractivity contribution in [2.75, 3.05) is 6.79 Å². The third-order valence-corrected chi connectivity index (χ3v) is 2.47. The van der Waals surface area contributed by atoms with Gasteiger partial charge in [0.25, 0.3) is 0 Å². The maximum Gasteiger partial charge on any atom is 0.237 e. The Kier molecular flexibility index (Phi) is 2.64. The Balaban J connectivity index is 1.79. The zero-order valence-corrected chi connectivity index (χ0v) is 9.79.